The highest BCUT2D eigenvalue weighted by Crippen LogP contribution is 2.17. The fourth-order valence-electron chi connectivity index (χ4n) is 3.07. The predicted molar refractivity (Wildman–Crippen MR) is 105 cm³/mol. The number of nitrogens with one attached hydrogen (secondary N) is 1. The van der Waals surface area contributed by atoms with Gasteiger partial charge in [-0.3, -0.25) is 9.59 Å². The quantitative estimate of drug-likeness (QED) is 0.770. The van der Waals surface area contributed by atoms with E-state index in [0.717, 1.165) is 5.56 Å². The minimum absolute atomic E-state index is 0.0328. The number of carbonyl (C=O) groups excluding carboxylic acids is 2. The Morgan fingerprint density at radius 3 is 2.61 bits per heavy atom. The summed E-state index contributed by atoms with van der Waals surface area (Å²) >= 11 is 0. The summed E-state index contributed by atoms with van der Waals surface area (Å²) in [4.78, 5) is 39.0. The van der Waals surface area contributed by atoms with Gasteiger partial charge in [0.25, 0.3) is 0 Å². The topological polar surface area (TPSA) is 99.2 Å². The third-order valence-electron chi connectivity index (χ3n) is 4.28. The number of ether oxygens (including phenoxy) is 1. The number of likely N-dealkylation sites (tertiary alicyclic amines) is 1. The Morgan fingerprint density at radius 2 is 2.00 bits per heavy atom. The van der Waals surface area contributed by atoms with Crippen molar-refractivity contribution in [2.24, 2.45) is 0 Å². The molecule has 28 heavy (non-hydrogen) atoms. The van der Waals surface area contributed by atoms with Gasteiger partial charge in [-0.05, 0) is 51.8 Å². The van der Waals surface area contributed by atoms with Crippen molar-refractivity contribution in [2.75, 3.05) is 31.1 Å². The van der Waals surface area contributed by atoms with Gasteiger partial charge in [0.05, 0.1) is 12.6 Å². The Hall–Kier alpha value is -2.77. The maximum Gasteiger partial charge on any atom is 0.407 e. The van der Waals surface area contributed by atoms with Crippen LogP contribution in [0.3, 0.4) is 0 Å². The molecule has 0 spiro atoms. The summed E-state index contributed by atoms with van der Waals surface area (Å²) in [5.41, 5.74) is 1.10. The molecule has 1 unspecified atom stereocenters. The number of hydrogen-bond donors (Lipinski definition) is 2. The van der Waals surface area contributed by atoms with Gasteiger partial charge in [0.1, 0.15) is 12.1 Å². The van der Waals surface area contributed by atoms with Crippen molar-refractivity contribution in [1.82, 2.24) is 10.2 Å². The number of aliphatic carboxylic acids is 1. The van der Waals surface area contributed by atoms with Gasteiger partial charge < -0.3 is 25.0 Å². The second kappa shape index (κ2) is 8.95. The van der Waals surface area contributed by atoms with Crippen molar-refractivity contribution in [3.05, 3.63) is 29.8 Å². The summed E-state index contributed by atoms with van der Waals surface area (Å²) in [6.07, 6.45) is 0.132. The van der Waals surface area contributed by atoms with E-state index >= 15 is 0 Å². The molecule has 154 valence electrons. The van der Waals surface area contributed by atoms with Gasteiger partial charge in [-0.25, -0.2) is 4.79 Å². The molecule has 1 atom stereocenters. The van der Waals surface area contributed by atoms with Crippen molar-refractivity contribution in [1.29, 1.82) is 0 Å². The molecule has 0 saturated carbocycles. The highest BCUT2D eigenvalue weighted by Gasteiger charge is 2.30. The molecule has 1 fully saturated rings. The lowest BCUT2D eigenvalue weighted by molar-refractivity contribution is -0.135. The first kappa shape index (κ1) is 21.5. The van der Waals surface area contributed by atoms with Gasteiger partial charge in [-0.1, -0.05) is 12.1 Å². The Bertz CT molecular complexity index is 729. The number of amides is 2. The Kier molecular flexibility index (Phi) is 6.88. The van der Waals surface area contributed by atoms with Gasteiger partial charge in [-0.15, -0.1) is 0 Å². The molecule has 0 aliphatic carbocycles. The first-order valence-corrected chi connectivity index (χ1v) is 9.34. The molecular formula is C20H29N3O5. The molecule has 1 aromatic carbocycles. The van der Waals surface area contributed by atoms with Gasteiger partial charge in [0.2, 0.25) is 5.91 Å². The fraction of sp³-hybridized carbons (Fsp3) is 0.550. The number of carboxylic acids is 1. The van der Waals surface area contributed by atoms with E-state index in [-0.39, 0.29) is 25.0 Å². The van der Waals surface area contributed by atoms with Crippen LogP contribution in [0.4, 0.5) is 10.5 Å². The molecule has 0 radical (unpaired) electrons. The summed E-state index contributed by atoms with van der Waals surface area (Å²) in [6, 6.07) is 7.22. The van der Waals surface area contributed by atoms with Crippen LogP contribution >= 0.6 is 0 Å². The molecule has 0 aromatic heterocycles. The van der Waals surface area contributed by atoms with Crippen LogP contribution in [0.1, 0.15) is 32.8 Å². The molecule has 2 amide bonds. The van der Waals surface area contributed by atoms with E-state index in [1.165, 1.54) is 0 Å². The van der Waals surface area contributed by atoms with Crippen molar-refractivity contribution in [3.63, 3.8) is 0 Å². The zero-order valence-corrected chi connectivity index (χ0v) is 16.9. The Morgan fingerprint density at radius 1 is 1.29 bits per heavy atom. The van der Waals surface area contributed by atoms with Crippen LogP contribution in [0.5, 0.6) is 0 Å². The number of alkyl carbamates (subject to hydrolysis) is 1. The SMILES string of the molecule is Cc1cccc(N(CC(=O)O)CC(=O)N2CCC(NC(=O)OC(C)(C)C)C2)c1. The van der Waals surface area contributed by atoms with Gasteiger partial charge in [-0.2, -0.15) is 0 Å². The Balaban J connectivity index is 1.95. The molecule has 1 aromatic rings. The maximum atomic E-state index is 12.7. The van der Waals surface area contributed by atoms with Crippen molar-refractivity contribution >= 4 is 23.7 Å². The first-order chi connectivity index (χ1) is 13.0. The number of rotatable bonds is 6. The van der Waals surface area contributed by atoms with Crippen LogP contribution in [0.25, 0.3) is 0 Å². The number of benzene rings is 1. The van der Waals surface area contributed by atoms with Crippen LogP contribution in [-0.4, -0.2) is 65.8 Å². The highest BCUT2D eigenvalue weighted by atomic mass is 16.6. The van der Waals surface area contributed by atoms with Gasteiger partial charge >= 0.3 is 12.1 Å². The van der Waals surface area contributed by atoms with E-state index in [1.807, 2.05) is 25.1 Å². The summed E-state index contributed by atoms with van der Waals surface area (Å²) in [5, 5.41) is 12.0. The number of nitrogens with zero attached hydrogens (tertiary/aromatic N) is 2. The lowest BCUT2D eigenvalue weighted by Crippen LogP contribution is -2.44. The minimum Gasteiger partial charge on any atom is -0.480 e. The summed E-state index contributed by atoms with van der Waals surface area (Å²) < 4.78 is 5.25. The molecule has 2 N–H and O–H groups in total. The summed E-state index contributed by atoms with van der Waals surface area (Å²) in [6.45, 7) is 7.88. The monoisotopic (exact) mass is 391 g/mol. The van der Waals surface area contributed by atoms with Crippen LogP contribution < -0.4 is 10.2 Å². The normalized spacial score (nSPS) is 16.6. The number of hydrogen-bond acceptors (Lipinski definition) is 5. The van der Waals surface area contributed by atoms with E-state index < -0.39 is 17.7 Å². The second-order valence-electron chi connectivity index (χ2n) is 8.06. The molecule has 1 aliphatic heterocycles. The lowest BCUT2D eigenvalue weighted by atomic mass is 10.2. The van der Waals surface area contributed by atoms with E-state index in [1.54, 1.807) is 36.6 Å². The zero-order valence-electron chi connectivity index (χ0n) is 16.9. The first-order valence-electron chi connectivity index (χ1n) is 9.34. The van der Waals surface area contributed by atoms with E-state index in [2.05, 4.69) is 5.32 Å². The van der Waals surface area contributed by atoms with Crippen LogP contribution in [0, 0.1) is 6.92 Å². The summed E-state index contributed by atoms with van der Waals surface area (Å²) in [7, 11) is 0. The molecule has 2 rings (SSSR count). The number of carboxylic acid groups (broad SMARTS) is 1. The van der Waals surface area contributed by atoms with E-state index in [9.17, 15) is 19.5 Å². The molecule has 1 saturated heterocycles. The van der Waals surface area contributed by atoms with Gasteiger partial charge in [0.15, 0.2) is 0 Å². The minimum atomic E-state index is -1.000. The average Bonchev–Trinajstić information content (AvgIpc) is 3.00. The van der Waals surface area contributed by atoms with Crippen LogP contribution in [0.15, 0.2) is 24.3 Å². The zero-order chi connectivity index (χ0) is 20.9. The fourth-order valence-corrected chi connectivity index (χ4v) is 3.07. The molecule has 8 heteroatoms. The van der Waals surface area contributed by atoms with E-state index in [0.29, 0.717) is 25.2 Å². The largest absolute Gasteiger partial charge is 0.480 e. The van der Waals surface area contributed by atoms with E-state index in [4.69, 9.17) is 4.74 Å². The smallest absolute Gasteiger partial charge is 0.407 e. The van der Waals surface area contributed by atoms with Crippen molar-refractivity contribution in [2.45, 2.75) is 45.8 Å². The molecule has 1 aliphatic rings. The van der Waals surface area contributed by atoms with Gasteiger partial charge in [0, 0.05) is 18.8 Å². The molecule has 8 nitrogen and oxygen atoms in total. The molecule has 1 heterocycles. The number of anilines is 1. The van der Waals surface area contributed by atoms with Crippen molar-refractivity contribution < 1.29 is 24.2 Å². The Labute approximate surface area is 165 Å². The molecule has 0 bridgehead atoms. The number of aryl methyl sites for hydroxylation is 1. The van der Waals surface area contributed by atoms with Crippen LogP contribution in [-0.2, 0) is 14.3 Å². The third-order valence-corrected chi connectivity index (χ3v) is 4.28. The summed E-state index contributed by atoms with van der Waals surface area (Å²) in [5.74, 6) is -1.17. The second-order valence-corrected chi connectivity index (χ2v) is 8.06. The predicted octanol–water partition coefficient (Wildman–Crippen LogP) is 2.01. The average molecular weight is 391 g/mol. The van der Waals surface area contributed by atoms with Crippen LogP contribution in [0.2, 0.25) is 0 Å². The van der Waals surface area contributed by atoms with Crippen molar-refractivity contribution in [3.8, 4) is 0 Å². The molecular weight excluding hydrogens is 362 g/mol. The number of carbonyl (C=O) groups is 3. The maximum absolute atomic E-state index is 12.7. The lowest BCUT2D eigenvalue weighted by Gasteiger charge is -2.26. The standard InChI is InChI=1S/C20H29N3O5/c1-14-6-5-7-16(10-14)23(13-18(25)26)12-17(24)22-9-8-15(11-22)21-19(27)28-20(2,3)4/h5-7,10,15H,8-9,11-13H2,1-4H3,(H,21,27)(H,25,26). The highest BCUT2D eigenvalue weighted by molar-refractivity contribution is 5.84. The third kappa shape index (κ3) is 6.75.